The number of imidazole rings is 1. The smallest absolute Gasteiger partial charge is 0.270 e. The second-order valence-corrected chi connectivity index (χ2v) is 10.3. The molecule has 1 amide bonds. The molecular weight excluding hydrogens is 549 g/mol. The summed E-state index contributed by atoms with van der Waals surface area (Å²) in [5, 5.41) is 6.32. The summed E-state index contributed by atoms with van der Waals surface area (Å²) in [6, 6.07) is 20.2. The number of fused-ring (bicyclic) bond motifs is 1. The van der Waals surface area contributed by atoms with Gasteiger partial charge in [-0.05, 0) is 60.0 Å². The number of hydrogen-bond acceptors (Lipinski definition) is 8. The molecule has 6 rings (SSSR count). The van der Waals surface area contributed by atoms with Crippen LogP contribution in [0.15, 0.2) is 79.1 Å². The number of amides is 1. The molecule has 2 N–H and O–H groups in total. The summed E-state index contributed by atoms with van der Waals surface area (Å²) in [7, 11) is 1.94. The number of pyridine rings is 2. The van der Waals surface area contributed by atoms with Crippen LogP contribution in [0.3, 0.4) is 0 Å². The van der Waals surface area contributed by atoms with Crippen molar-refractivity contribution in [3.05, 3.63) is 102 Å². The largest absolute Gasteiger partial charge is 0.457 e. The Hall–Kier alpha value is -4.87. The Labute approximate surface area is 248 Å². The minimum atomic E-state index is -0.486. The molecule has 1 aliphatic rings. The lowest BCUT2D eigenvalue weighted by atomic mass is 10.1. The van der Waals surface area contributed by atoms with Crippen LogP contribution in [-0.4, -0.2) is 69.7 Å². The molecule has 4 heterocycles. The molecule has 11 heteroatoms. The number of hydrogen-bond donors (Lipinski definition) is 2. The Morgan fingerprint density at radius 3 is 2.65 bits per heavy atom. The molecular formula is C32H32FN7O3. The summed E-state index contributed by atoms with van der Waals surface area (Å²) in [5.74, 6) is 1.03. The van der Waals surface area contributed by atoms with Gasteiger partial charge in [0.2, 0.25) is 11.9 Å². The number of rotatable bonds is 10. The molecule has 3 aromatic heterocycles. The van der Waals surface area contributed by atoms with E-state index in [9.17, 15) is 9.18 Å². The fourth-order valence-electron chi connectivity index (χ4n) is 5.01. The number of morpholine rings is 1. The number of carbonyl (C=O) groups excluding carboxylic acids is 1. The van der Waals surface area contributed by atoms with E-state index in [2.05, 4.69) is 25.5 Å². The molecule has 2 aromatic carbocycles. The van der Waals surface area contributed by atoms with Gasteiger partial charge < -0.3 is 24.7 Å². The van der Waals surface area contributed by atoms with Crippen LogP contribution in [-0.2, 0) is 18.2 Å². The van der Waals surface area contributed by atoms with Crippen molar-refractivity contribution in [3.63, 3.8) is 0 Å². The topological polar surface area (TPSA) is 106 Å². The number of aromatic nitrogens is 4. The van der Waals surface area contributed by atoms with Crippen LogP contribution in [0.1, 0.15) is 21.6 Å². The monoisotopic (exact) mass is 581 g/mol. The molecule has 5 aromatic rings. The van der Waals surface area contributed by atoms with E-state index in [4.69, 9.17) is 14.5 Å². The number of benzene rings is 2. The van der Waals surface area contributed by atoms with Crippen molar-refractivity contribution in [1.82, 2.24) is 29.7 Å². The summed E-state index contributed by atoms with van der Waals surface area (Å²) in [4.78, 5) is 27.6. The first-order valence-corrected chi connectivity index (χ1v) is 14.2. The van der Waals surface area contributed by atoms with Crippen molar-refractivity contribution in [2.24, 2.45) is 7.05 Å². The van der Waals surface area contributed by atoms with E-state index in [1.54, 1.807) is 18.3 Å². The highest BCUT2D eigenvalue weighted by molar-refractivity contribution is 5.92. The van der Waals surface area contributed by atoms with Crippen LogP contribution in [0.5, 0.6) is 11.5 Å². The van der Waals surface area contributed by atoms with Gasteiger partial charge in [0.25, 0.3) is 5.91 Å². The van der Waals surface area contributed by atoms with E-state index in [1.165, 1.54) is 12.3 Å². The van der Waals surface area contributed by atoms with Gasteiger partial charge in [-0.25, -0.2) is 9.97 Å². The Morgan fingerprint density at radius 2 is 1.79 bits per heavy atom. The van der Waals surface area contributed by atoms with E-state index in [0.29, 0.717) is 36.1 Å². The highest BCUT2D eigenvalue weighted by atomic mass is 19.1. The number of nitrogens with one attached hydrogen (secondary N) is 2. The van der Waals surface area contributed by atoms with Crippen molar-refractivity contribution in [3.8, 4) is 11.5 Å². The van der Waals surface area contributed by atoms with Gasteiger partial charge in [-0.1, -0.05) is 12.1 Å². The zero-order valence-corrected chi connectivity index (χ0v) is 23.8. The number of nitrogens with zero attached hydrogens (tertiary/aromatic N) is 5. The molecule has 0 atom stereocenters. The predicted molar refractivity (Wildman–Crippen MR) is 161 cm³/mol. The van der Waals surface area contributed by atoms with E-state index >= 15 is 0 Å². The number of aryl methyl sites for hydroxylation is 1. The van der Waals surface area contributed by atoms with Gasteiger partial charge in [0.15, 0.2) is 0 Å². The molecule has 0 radical (unpaired) electrons. The first-order chi connectivity index (χ1) is 21.0. The van der Waals surface area contributed by atoms with Crippen molar-refractivity contribution >= 4 is 28.6 Å². The molecule has 0 unspecified atom stereocenters. The Morgan fingerprint density at radius 1 is 0.977 bits per heavy atom. The SMILES string of the molecule is Cn1c(Nc2cccc(Cc3ccnc(F)c3)c2)nc2cc(Oc3ccnc(C(=O)NCCN4CCOCC4)c3)ccc21. The van der Waals surface area contributed by atoms with Crippen molar-refractivity contribution in [2.45, 2.75) is 6.42 Å². The third-order valence-electron chi connectivity index (χ3n) is 7.25. The van der Waals surface area contributed by atoms with Gasteiger partial charge in [0.1, 0.15) is 17.2 Å². The van der Waals surface area contributed by atoms with Crippen LogP contribution in [0.25, 0.3) is 11.0 Å². The molecule has 1 fully saturated rings. The Kier molecular flexibility index (Phi) is 8.52. The minimum Gasteiger partial charge on any atom is -0.457 e. The Bertz CT molecular complexity index is 1740. The molecule has 0 saturated carbocycles. The molecule has 0 spiro atoms. The quantitative estimate of drug-likeness (QED) is 0.229. The number of ether oxygens (including phenoxy) is 2. The van der Waals surface area contributed by atoms with Gasteiger partial charge >= 0.3 is 0 Å². The van der Waals surface area contributed by atoms with Crippen molar-refractivity contribution < 1.29 is 18.7 Å². The summed E-state index contributed by atoms with van der Waals surface area (Å²) in [6.45, 7) is 4.50. The fourth-order valence-corrected chi connectivity index (χ4v) is 5.01. The van der Waals surface area contributed by atoms with Gasteiger partial charge in [-0.15, -0.1) is 0 Å². The highest BCUT2D eigenvalue weighted by Crippen LogP contribution is 2.28. The van der Waals surface area contributed by atoms with Gasteiger partial charge in [-0.2, -0.15) is 4.39 Å². The summed E-state index contributed by atoms with van der Waals surface area (Å²) < 4.78 is 26.9. The standard InChI is InChI=1S/C32H32FN7O3/c1-39-29-6-5-25(43-26-8-10-34-28(21-26)31(41)36-11-12-40-13-15-42-16-14-40)20-27(29)38-32(39)37-24-4-2-3-22(18-24)17-23-7-9-35-30(33)19-23/h2-10,18-21H,11-17H2,1H3,(H,36,41)(H,37,38). The average Bonchev–Trinajstić information content (AvgIpc) is 3.31. The van der Waals surface area contributed by atoms with Crippen LogP contribution in [0.4, 0.5) is 16.0 Å². The van der Waals surface area contributed by atoms with Gasteiger partial charge in [-0.3, -0.25) is 14.7 Å². The highest BCUT2D eigenvalue weighted by Gasteiger charge is 2.14. The summed E-state index contributed by atoms with van der Waals surface area (Å²) in [5.41, 5.74) is 4.73. The van der Waals surface area contributed by atoms with E-state index in [0.717, 1.165) is 60.7 Å². The van der Waals surface area contributed by atoms with Gasteiger partial charge in [0.05, 0.1) is 24.2 Å². The third-order valence-corrected chi connectivity index (χ3v) is 7.25. The molecule has 10 nitrogen and oxygen atoms in total. The molecule has 0 bridgehead atoms. The first-order valence-electron chi connectivity index (χ1n) is 14.2. The van der Waals surface area contributed by atoms with Crippen molar-refractivity contribution in [1.29, 1.82) is 0 Å². The maximum Gasteiger partial charge on any atom is 0.270 e. The Balaban J connectivity index is 1.10. The number of carbonyl (C=O) groups is 1. The average molecular weight is 582 g/mol. The summed E-state index contributed by atoms with van der Waals surface area (Å²) in [6.07, 6.45) is 3.63. The normalized spacial score (nSPS) is 13.6. The van der Waals surface area contributed by atoms with Crippen molar-refractivity contribution in [2.75, 3.05) is 44.7 Å². The fraction of sp³-hybridized carbons (Fsp3) is 0.250. The van der Waals surface area contributed by atoms with E-state index in [1.807, 2.05) is 60.1 Å². The van der Waals surface area contributed by atoms with Crippen LogP contribution in [0.2, 0.25) is 0 Å². The van der Waals surface area contributed by atoms with Crippen LogP contribution >= 0.6 is 0 Å². The lowest BCUT2D eigenvalue weighted by Gasteiger charge is -2.26. The number of halogens is 1. The first kappa shape index (κ1) is 28.3. The maximum absolute atomic E-state index is 13.5. The van der Waals surface area contributed by atoms with E-state index < -0.39 is 5.95 Å². The minimum absolute atomic E-state index is 0.244. The maximum atomic E-state index is 13.5. The second kappa shape index (κ2) is 13.0. The van der Waals surface area contributed by atoms with Crippen LogP contribution < -0.4 is 15.4 Å². The molecule has 43 heavy (non-hydrogen) atoms. The second-order valence-electron chi connectivity index (χ2n) is 10.3. The number of anilines is 2. The molecule has 1 saturated heterocycles. The van der Waals surface area contributed by atoms with Gasteiger partial charge in [0, 0.05) is 63.4 Å². The molecule has 0 aliphatic carbocycles. The zero-order valence-electron chi connectivity index (χ0n) is 23.8. The molecule has 220 valence electrons. The van der Waals surface area contributed by atoms with Crippen LogP contribution in [0, 0.1) is 5.95 Å². The van der Waals surface area contributed by atoms with E-state index in [-0.39, 0.29) is 5.91 Å². The lowest BCUT2D eigenvalue weighted by molar-refractivity contribution is 0.0383. The molecule has 1 aliphatic heterocycles. The summed E-state index contributed by atoms with van der Waals surface area (Å²) >= 11 is 0. The third kappa shape index (κ3) is 7.14. The predicted octanol–water partition coefficient (Wildman–Crippen LogP) is 4.69. The lowest BCUT2D eigenvalue weighted by Crippen LogP contribution is -2.41. The zero-order chi connectivity index (χ0) is 29.6.